The zero-order chi connectivity index (χ0) is 16.3. The molecular weight excluding hydrogens is 270 g/mol. The molecule has 0 radical (unpaired) electrons. The van der Waals surface area contributed by atoms with E-state index in [9.17, 15) is 14.7 Å². The lowest BCUT2D eigenvalue weighted by Gasteiger charge is -2.45. The van der Waals surface area contributed by atoms with Crippen molar-refractivity contribution >= 4 is 12.1 Å². The molecule has 0 spiro atoms. The molecule has 1 aliphatic carbocycles. The minimum atomic E-state index is -1.12. The van der Waals surface area contributed by atoms with Crippen LogP contribution in [0.2, 0.25) is 0 Å². The van der Waals surface area contributed by atoms with Gasteiger partial charge < -0.3 is 9.84 Å². The van der Waals surface area contributed by atoms with Gasteiger partial charge in [0.2, 0.25) is 0 Å². The third-order valence-electron chi connectivity index (χ3n) is 4.25. The Morgan fingerprint density at radius 3 is 2.38 bits per heavy atom. The highest BCUT2D eigenvalue weighted by Gasteiger charge is 2.49. The second kappa shape index (κ2) is 6.67. The molecule has 0 bridgehead atoms. The molecule has 0 aliphatic heterocycles. The van der Waals surface area contributed by atoms with Gasteiger partial charge >= 0.3 is 12.1 Å². The summed E-state index contributed by atoms with van der Waals surface area (Å²) in [4.78, 5) is 25.8. The van der Waals surface area contributed by atoms with Crippen LogP contribution in [0, 0.1) is 5.92 Å². The van der Waals surface area contributed by atoms with Crippen LogP contribution in [0.15, 0.2) is 0 Å². The number of rotatable bonds is 4. The van der Waals surface area contributed by atoms with Gasteiger partial charge in [-0.05, 0) is 46.5 Å². The van der Waals surface area contributed by atoms with Crippen molar-refractivity contribution in [2.75, 3.05) is 6.54 Å². The van der Waals surface area contributed by atoms with Crippen LogP contribution in [0.1, 0.15) is 66.7 Å². The van der Waals surface area contributed by atoms with Crippen molar-refractivity contribution in [3.63, 3.8) is 0 Å². The number of likely N-dealkylation sites (N-methyl/N-ethyl adjacent to an activating group) is 1. The smallest absolute Gasteiger partial charge is 0.411 e. The minimum absolute atomic E-state index is 0.345. The molecule has 0 aromatic carbocycles. The molecule has 122 valence electrons. The van der Waals surface area contributed by atoms with Gasteiger partial charge in [-0.15, -0.1) is 0 Å². The summed E-state index contributed by atoms with van der Waals surface area (Å²) in [7, 11) is 0. The first-order valence-corrected chi connectivity index (χ1v) is 7.90. The van der Waals surface area contributed by atoms with Gasteiger partial charge in [-0.1, -0.05) is 26.2 Å². The monoisotopic (exact) mass is 299 g/mol. The van der Waals surface area contributed by atoms with Gasteiger partial charge in [-0.2, -0.15) is 0 Å². The zero-order valence-electron chi connectivity index (χ0n) is 13.9. The maximum atomic E-state index is 12.4. The molecule has 2 atom stereocenters. The molecule has 1 aliphatic rings. The average molecular weight is 299 g/mol. The SMILES string of the molecule is CCC1CCCC(C(=O)O)(N(CC)C(=O)OC(C)(C)C)C1. The van der Waals surface area contributed by atoms with Gasteiger partial charge in [0.15, 0.2) is 0 Å². The van der Waals surface area contributed by atoms with Crippen LogP contribution < -0.4 is 0 Å². The van der Waals surface area contributed by atoms with Gasteiger partial charge in [0.05, 0.1) is 0 Å². The molecule has 1 N–H and O–H groups in total. The summed E-state index contributed by atoms with van der Waals surface area (Å²) in [5, 5.41) is 9.80. The number of amides is 1. The van der Waals surface area contributed by atoms with E-state index in [0.717, 1.165) is 19.3 Å². The van der Waals surface area contributed by atoms with E-state index in [-0.39, 0.29) is 0 Å². The van der Waals surface area contributed by atoms with E-state index in [2.05, 4.69) is 6.92 Å². The fraction of sp³-hybridized carbons (Fsp3) is 0.875. The Morgan fingerprint density at radius 2 is 1.95 bits per heavy atom. The van der Waals surface area contributed by atoms with Gasteiger partial charge in [0, 0.05) is 6.54 Å². The van der Waals surface area contributed by atoms with Crippen LogP contribution in [0.3, 0.4) is 0 Å². The minimum Gasteiger partial charge on any atom is -0.479 e. The van der Waals surface area contributed by atoms with Crippen molar-refractivity contribution in [2.45, 2.75) is 77.9 Å². The molecule has 1 fully saturated rings. The molecule has 0 aromatic rings. The van der Waals surface area contributed by atoms with Crippen LogP contribution in [-0.2, 0) is 9.53 Å². The molecule has 5 heteroatoms. The highest BCUT2D eigenvalue weighted by molar-refractivity contribution is 5.84. The summed E-state index contributed by atoms with van der Waals surface area (Å²) < 4.78 is 5.41. The molecule has 0 saturated heterocycles. The standard InChI is InChI=1S/C16H29NO4/c1-6-12-9-8-10-16(11-12,13(18)19)17(7-2)14(20)21-15(3,4)5/h12H,6-11H2,1-5H3,(H,18,19). The second-order valence-corrected chi connectivity index (χ2v) is 6.93. The second-order valence-electron chi connectivity index (χ2n) is 6.93. The van der Waals surface area contributed by atoms with Crippen molar-refractivity contribution < 1.29 is 19.4 Å². The summed E-state index contributed by atoms with van der Waals surface area (Å²) in [6.45, 7) is 9.61. The Kier molecular flexibility index (Phi) is 5.65. The number of carbonyl (C=O) groups is 2. The highest BCUT2D eigenvalue weighted by Crippen LogP contribution is 2.39. The Hall–Kier alpha value is -1.26. The predicted octanol–water partition coefficient (Wildman–Crippen LogP) is 3.67. The predicted molar refractivity (Wildman–Crippen MR) is 81.2 cm³/mol. The summed E-state index contributed by atoms with van der Waals surface area (Å²) >= 11 is 0. The fourth-order valence-corrected chi connectivity index (χ4v) is 3.19. The zero-order valence-corrected chi connectivity index (χ0v) is 13.9. The van der Waals surface area contributed by atoms with E-state index in [1.165, 1.54) is 4.90 Å². The molecule has 0 aromatic heterocycles. The molecule has 1 amide bonds. The molecule has 21 heavy (non-hydrogen) atoms. The van der Waals surface area contributed by atoms with E-state index in [1.807, 2.05) is 6.92 Å². The molecule has 1 rings (SSSR count). The first-order chi connectivity index (χ1) is 9.66. The molecule has 2 unspecified atom stereocenters. The topological polar surface area (TPSA) is 66.8 Å². The van der Waals surface area contributed by atoms with Crippen LogP contribution in [-0.4, -0.2) is 39.8 Å². The van der Waals surface area contributed by atoms with E-state index in [4.69, 9.17) is 4.74 Å². The maximum Gasteiger partial charge on any atom is 0.411 e. The van der Waals surface area contributed by atoms with Crippen molar-refractivity contribution in [3.8, 4) is 0 Å². The lowest BCUT2D eigenvalue weighted by molar-refractivity contribution is -0.155. The summed E-state index contributed by atoms with van der Waals surface area (Å²) in [5.74, 6) is -0.556. The van der Waals surface area contributed by atoms with Crippen LogP contribution in [0.25, 0.3) is 0 Å². The number of nitrogens with zero attached hydrogens (tertiary/aromatic N) is 1. The number of hydrogen-bond acceptors (Lipinski definition) is 3. The highest BCUT2D eigenvalue weighted by atomic mass is 16.6. The van der Waals surface area contributed by atoms with Crippen LogP contribution in [0.5, 0.6) is 0 Å². The fourth-order valence-electron chi connectivity index (χ4n) is 3.19. The quantitative estimate of drug-likeness (QED) is 0.860. The molecule has 0 heterocycles. The van der Waals surface area contributed by atoms with Gasteiger partial charge in [0.25, 0.3) is 0 Å². The first kappa shape index (κ1) is 17.8. The van der Waals surface area contributed by atoms with Crippen molar-refractivity contribution in [3.05, 3.63) is 0 Å². The molecular formula is C16H29NO4. The van der Waals surface area contributed by atoms with E-state index in [0.29, 0.717) is 25.3 Å². The van der Waals surface area contributed by atoms with E-state index < -0.39 is 23.2 Å². The maximum absolute atomic E-state index is 12.4. The Labute approximate surface area is 127 Å². The largest absolute Gasteiger partial charge is 0.479 e. The Morgan fingerprint density at radius 1 is 1.33 bits per heavy atom. The molecule has 5 nitrogen and oxygen atoms in total. The van der Waals surface area contributed by atoms with E-state index in [1.54, 1.807) is 20.8 Å². The number of hydrogen-bond donors (Lipinski definition) is 1. The van der Waals surface area contributed by atoms with Gasteiger partial charge in [0.1, 0.15) is 11.1 Å². The van der Waals surface area contributed by atoms with Crippen molar-refractivity contribution in [1.29, 1.82) is 0 Å². The van der Waals surface area contributed by atoms with Crippen molar-refractivity contribution in [2.24, 2.45) is 5.92 Å². The lowest BCUT2D eigenvalue weighted by Crippen LogP contribution is -2.60. The van der Waals surface area contributed by atoms with E-state index >= 15 is 0 Å². The lowest BCUT2D eigenvalue weighted by atomic mass is 9.73. The average Bonchev–Trinajstić information content (AvgIpc) is 2.37. The number of carbonyl (C=O) groups excluding carboxylic acids is 1. The summed E-state index contributed by atoms with van der Waals surface area (Å²) in [6, 6.07) is 0. The van der Waals surface area contributed by atoms with Gasteiger partial charge in [-0.25, -0.2) is 9.59 Å². The Bertz CT molecular complexity index is 388. The normalized spacial score (nSPS) is 26.2. The number of carboxylic acids is 1. The number of ether oxygens (including phenoxy) is 1. The Balaban J connectivity index is 3.06. The first-order valence-electron chi connectivity index (χ1n) is 7.90. The number of aliphatic carboxylic acids is 1. The summed E-state index contributed by atoms with van der Waals surface area (Å²) in [5.41, 5.74) is -1.74. The third-order valence-corrected chi connectivity index (χ3v) is 4.25. The molecule has 1 saturated carbocycles. The van der Waals surface area contributed by atoms with Crippen molar-refractivity contribution in [1.82, 2.24) is 4.90 Å². The van der Waals surface area contributed by atoms with Crippen LogP contribution in [0.4, 0.5) is 4.79 Å². The third kappa shape index (κ3) is 4.11. The van der Waals surface area contributed by atoms with Gasteiger partial charge in [-0.3, -0.25) is 4.90 Å². The number of carboxylic acid groups (broad SMARTS) is 1. The van der Waals surface area contributed by atoms with Crippen LogP contribution >= 0.6 is 0 Å². The summed E-state index contributed by atoms with van der Waals surface area (Å²) in [6.07, 6.45) is 3.32.